The molecule has 0 aliphatic carbocycles. The molecule has 1 atom stereocenters. The van der Waals surface area contributed by atoms with Gasteiger partial charge in [0.25, 0.3) is 0 Å². The van der Waals surface area contributed by atoms with Crippen molar-refractivity contribution in [2.45, 2.75) is 52.1 Å². The Labute approximate surface area is 91.5 Å². The number of rotatable bonds is 5. The summed E-state index contributed by atoms with van der Waals surface area (Å²) in [5.74, 6) is 0. The lowest BCUT2D eigenvalue weighted by Gasteiger charge is -2.29. The zero-order chi connectivity index (χ0) is 10.6. The van der Waals surface area contributed by atoms with Crippen LogP contribution in [-0.2, 0) is 6.42 Å². The summed E-state index contributed by atoms with van der Waals surface area (Å²) in [6.07, 6.45) is 2.31. The molecule has 1 aromatic heterocycles. The van der Waals surface area contributed by atoms with Crippen LogP contribution in [0.5, 0.6) is 0 Å². The van der Waals surface area contributed by atoms with Crippen LogP contribution in [-0.4, -0.2) is 11.6 Å². The third-order valence-corrected chi connectivity index (χ3v) is 3.51. The van der Waals surface area contributed by atoms with E-state index in [9.17, 15) is 0 Å². The second-order valence-corrected chi connectivity index (χ2v) is 5.60. The van der Waals surface area contributed by atoms with Gasteiger partial charge in [0, 0.05) is 16.5 Å². The lowest BCUT2D eigenvalue weighted by atomic mass is 10.00. The van der Waals surface area contributed by atoms with Crippen molar-refractivity contribution in [3.63, 3.8) is 0 Å². The Bertz CT molecular complexity index is 251. The summed E-state index contributed by atoms with van der Waals surface area (Å²) >= 11 is 1.84. The highest BCUT2D eigenvalue weighted by atomic mass is 32.1. The molecule has 1 unspecified atom stereocenters. The molecule has 0 saturated carbocycles. The van der Waals surface area contributed by atoms with Crippen molar-refractivity contribution in [3.8, 4) is 0 Å². The molecule has 1 rings (SSSR count). The minimum Gasteiger partial charge on any atom is -0.309 e. The van der Waals surface area contributed by atoms with Crippen molar-refractivity contribution in [2.24, 2.45) is 0 Å². The summed E-state index contributed by atoms with van der Waals surface area (Å²) in [7, 11) is 0. The second kappa shape index (κ2) is 4.94. The molecule has 1 nitrogen and oxygen atoms in total. The molecule has 1 aromatic rings. The highest BCUT2D eigenvalue weighted by Gasteiger charge is 2.17. The van der Waals surface area contributed by atoms with Gasteiger partial charge >= 0.3 is 0 Å². The van der Waals surface area contributed by atoms with Crippen LogP contribution in [0.25, 0.3) is 0 Å². The fourth-order valence-corrected chi connectivity index (χ4v) is 2.39. The highest BCUT2D eigenvalue weighted by Crippen LogP contribution is 2.14. The van der Waals surface area contributed by atoms with Crippen molar-refractivity contribution < 1.29 is 0 Å². The van der Waals surface area contributed by atoms with E-state index in [4.69, 9.17) is 0 Å². The van der Waals surface area contributed by atoms with Crippen LogP contribution in [0.1, 0.15) is 39.0 Å². The average molecular weight is 211 g/mol. The van der Waals surface area contributed by atoms with Crippen LogP contribution in [0.2, 0.25) is 0 Å². The van der Waals surface area contributed by atoms with Crippen LogP contribution in [0, 0.1) is 0 Å². The van der Waals surface area contributed by atoms with Gasteiger partial charge in [-0.1, -0.05) is 13.0 Å². The fraction of sp³-hybridized carbons (Fsp3) is 0.667. The molecule has 0 bridgehead atoms. The number of thiophene rings is 1. The van der Waals surface area contributed by atoms with E-state index in [0.717, 1.165) is 6.42 Å². The van der Waals surface area contributed by atoms with Crippen molar-refractivity contribution in [1.29, 1.82) is 0 Å². The molecule has 0 radical (unpaired) electrons. The van der Waals surface area contributed by atoms with E-state index in [1.165, 1.54) is 11.3 Å². The van der Waals surface area contributed by atoms with Gasteiger partial charge in [0.1, 0.15) is 0 Å². The van der Waals surface area contributed by atoms with Gasteiger partial charge in [0.2, 0.25) is 0 Å². The van der Waals surface area contributed by atoms with Crippen molar-refractivity contribution in [2.75, 3.05) is 0 Å². The van der Waals surface area contributed by atoms with Gasteiger partial charge in [-0.15, -0.1) is 11.3 Å². The largest absolute Gasteiger partial charge is 0.309 e. The monoisotopic (exact) mass is 211 g/mol. The third-order valence-electron chi connectivity index (χ3n) is 2.61. The van der Waals surface area contributed by atoms with Crippen LogP contribution < -0.4 is 5.32 Å². The first kappa shape index (κ1) is 11.7. The normalized spacial score (nSPS) is 14.3. The van der Waals surface area contributed by atoms with Gasteiger partial charge < -0.3 is 5.32 Å². The maximum Gasteiger partial charge on any atom is 0.0125 e. The van der Waals surface area contributed by atoms with Crippen LogP contribution in [0.15, 0.2) is 17.5 Å². The average Bonchev–Trinajstić information content (AvgIpc) is 2.55. The summed E-state index contributed by atoms with van der Waals surface area (Å²) in [6.45, 7) is 9.01. The zero-order valence-corrected chi connectivity index (χ0v) is 10.4. The van der Waals surface area contributed by atoms with E-state index in [1.807, 2.05) is 11.3 Å². The Hall–Kier alpha value is -0.340. The number of hydrogen-bond acceptors (Lipinski definition) is 2. The van der Waals surface area contributed by atoms with Gasteiger partial charge in [0.15, 0.2) is 0 Å². The molecule has 1 N–H and O–H groups in total. The molecule has 0 saturated heterocycles. The van der Waals surface area contributed by atoms with E-state index in [1.54, 1.807) is 0 Å². The number of hydrogen-bond donors (Lipinski definition) is 1. The van der Waals surface area contributed by atoms with E-state index in [-0.39, 0.29) is 5.54 Å². The standard InChI is InChI=1S/C12H21NS/c1-5-12(3,4)13-10(2)9-11-7-6-8-14-11/h6-8,10,13H,5,9H2,1-4H3. The molecule has 0 fully saturated rings. The van der Waals surface area contributed by atoms with Crippen LogP contribution in [0.3, 0.4) is 0 Å². The number of nitrogens with one attached hydrogen (secondary N) is 1. The molecule has 2 heteroatoms. The highest BCUT2D eigenvalue weighted by molar-refractivity contribution is 7.09. The maximum atomic E-state index is 3.65. The summed E-state index contributed by atoms with van der Waals surface area (Å²) in [5.41, 5.74) is 0.261. The Morgan fingerprint density at radius 1 is 1.50 bits per heavy atom. The first-order valence-electron chi connectivity index (χ1n) is 5.33. The second-order valence-electron chi connectivity index (χ2n) is 4.57. The molecule has 0 spiro atoms. The molecule has 80 valence electrons. The van der Waals surface area contributed by atoms with Crippen LogP contribution >= 0.6 is 11.3 Å². The van der Waals surface area contributed by atoms with E-state index in [2.05, 4.69) is 50.5 Å². The summed E-state index contributed by atoms with van der Waals surface area (Å²) < 4.78 is 0. The van der Waals surface area contributed by atoms with Gasteiger partial charge in [0.05, 0.1) is 0 Å². The first-order valence-corrected chi connectivity index (χ1v) is 6.21. The minimum atomic E-state index is 0.261. The third kappa shape index (κ3) is 3.81. The molecule has 14 heavy (non-hydrogen) atoms. The van der Waals surface area contributed by atoms with Crippen LogP contribution in [0.4, 0.5) is 0 Å². The quantitative estimate of drug-likeness (QED) is 0.786. The Morgan fingerprint density at radius 3 is 2.71 bits per heavy atom. The maximum absolute atomic E-state index is 3.65. The lowest BCUT2D eigenvalue weighted by Crippen LogP contribution is -2.44. The molecule has 1 heterocycles. The smallest absolute Gasteiger partial charge is 0.0125 e. The molecule has 0 aromatic carbocycles. The topological polar surface area (TPSA) is 12.0 Å². The lowest BCUT2D eigenvalue weighted by molar-refractivity contribution is 0.333. The van der Waals surface area contributed by atoms with Gasteiger partial charge in [-0.3, -0.25) is 0 Å². The molecular formula is C12H21NS. The van der Waals surface area contributed by atoms with Gasteiger partial charge in [-0.25, -0.2) is 0 Å². The Kier molecular flexibility index (Phi) is 4.14. The van der Waals surface area contributed by atoms with Crippen molar-refractivity contribution in [1.82, 2.24) is 5.32 Å². The molecule has 0 amide bonds. The van der Waals surface area contributed by atoms with Gasteiger partial charge in [-0.05, 0) is 45.1 Å². The van der Waals surface area contributed by atoms with Crippen molar-refractivity contribution >= 4 is 11.3 Å². The molecule has 0 aliphatic heterocycles. The predicted molar refractivity (Wildman–Crippen MR) is 65.0 cm³/mol. The zero-order valence-electron chi connectivity index (χ0n) is 9.63. The van der Waals surface area contributed by atoms with Crippen molar-refractivity contribution in [3.05, 3.63) is 22.4 Å². The molecular weight excluding hydrogens is 190 g/mol. The minimum absolute atomic E-state index is 0.261. The predicted octanol–water partition coefficient (Wildman–Crippen LogP) is 3.46. The summed E-state index contributed by atoms with van der Waals surface area (Å²) in [6, 6.07) is 4.89. The van der Waals surface area contributed by atoms with E-state index in [0.29, 0.717) is 6.04 Å². The first-order chi connectivity index (χ1) is 6.53. The van der Waals surface area contributed by atoms with Gasteiger partial charge in [-0.2, -0.15) is 0 Å². The van der Waals surface area contributed by atoms with E-state index < -0.39 is 0 Å². The molecule has 0 aliphatic rings. The summed E-state index contributed by atoms with van der Waals surface area (Å²) in [5, 5.41) is 5.80. The fourth-order valence-electron chi connectivity index (χ4n) is 1.55. The SMILES string of the molecule is CCC(C)(C)NC(C)Cc1cccs1. The Balaban J connectivity index is 2.40. The summed E-state index contributed by atoms with van der Waals surface area (Å²) in [4.78, 5) is 1.47. The Morgan fingerprint density at radius 2 is 2.21 bits per heavy atom. The van der Waals surface area contributed by atoms with E-state index >= 15 is 0 Å².